The first-order valence-electron chi connectivity index (χ1n) is 4.09. The lowest BCUT2D eigenvalue weighted by Crippen LogP contribution is -2.10. The van der Waals surface area contributed by atoms with Crippen LogP contribution in [0.25, 0.3) is 0 Å². The minimum absolute atomic E-state index is 0.157. The van der Waals surface area contributed by atoms with E-state index in [1.54, 1.807) is 0 Å². The van der Waals surface area contributed by atoms with Crippen molar-refractivity contribution in [2.75, 3.05) is 6.61 Å². The Hall–Kier alpha value is -0.0800. The molecule has 10 heavy (non-hydrogen) atoms. The summed E-state index contributed by atoms with van der Waals surface area (Å²) in [5.41, 5.74) is 0. The summed E-state index contributed by atoms with van der Waals surface area (Å²) in [5, 5.41) is 8.69. The second-order valence-corrected chi connectivity index (χ2v) is 2.90. The molecule has 0 bridgehead atoms. The molecule has 0 amide bonds. The van der Waals surface area contributed by atoms with Crippen molar-refractivity contribution >= 4 is 0 Å². The third-order valence-electron chi connectivity index (χ3n) is 2.32. The molecular weight excluding hydrogens is 128 g/mol. The third-order valence-corrected chi connectivity index (χ3v) is 2.32. The van der Waals surface area contributed by atoms with Crippen molar-refractivity contribution in [3.8, 4) is 0 Å². The molecule has 1 saturated heterocycles. The number of aliphatic hydroxyl groups excluding tert-OH is 1. The summed E-state index contributed by atoms with van der Waals surface area (Å²) < 4.78 is 5.26. The second kappa shape index (κ2) is 3.35. The highest BCUT2D eigenvalue weighted by Gasteiger charge is 2.42. The molecule has 0 spiro atoms. The van der Waals surface area contributed by atoms with Crippen LogP contribution in [0.1, 0.15) is 26.7 Å². The van der Waals surface area contributed by atoms with Gasteiger partial charge in [-0.1, -0.05) is 26.7 Å². The Morgan fingerprint density at radius 2 is 2.00 bits per heavy atom. The lowest BCUT2D eigenvalue weighted by Gasteiger charge is -2.06. The number of rotatable bonds is 4. The SMILES string of the molecule is CCC(CC)C1OC1CO. The van der Waals surface area contributed by atoms with Crippen molar-refractivity contribution in [3.05, 3.63) is 0 Å². The average molecular weight is 144 g/mol. The van der Waals surface area contributed by atoms with E-state index < -0.39 is 0 Å². The van der Waals surface area contributed by atoms with Gasteiger partial charge in [0.05, 0.1) is 12.7 Å². The maximum atomic E-state index is 8.69. The second-order valence-electron chi connectivity index (χ2n) is 2.90. The third kappa shape index (κ3) is 1.50. The molecule has 1 aliphatic rings. The fourth-order valence-electron chi connectivity index (χ4n) is 1.47. The molecule has 0 saturated carbocycles. The number of ether oxygens (including phenoxy) is 1. The standard InChI is InChI=1S/C8H16O2/c1-3-6(4-2)8-7(5-9)10-8/h6-9H,3-5H2,1-2H3. The van der Waals surface area contributed by atoms with Gasteiger partial charge in [-0.05, 0) is 5.92 Å². The van der Waals surface area contributed by atoms with Gasteiger partial charge >= 0.3 is 0 Å². The summed E-state index contributed by atoms with van der Waals surface area (Å²) in [6, 6.07) is 0. The summed E-state index contributed by atoms with van der Waals surface area (Å²) in [5.74, 6) is 0.664. The molecule has 1 N–H and O–H groups in total. The Balaban J connectivity index is 2.22. The molecule has 2 unspecified atom stereocenters. The van der Waals surface area contributed by atoms with Crippen LogP contribution in [-0.4, -0.2) is 23.9 Å². The number of aliphatic hydroxyl groups is 1. The molecule has 1 fully saturated rings. The Bertz CT molecular complexity index is 99.4. The van der Waals surface area contributed by atoms with E-state index >= 15 is 0 Å². The van der Waals surface area contributed by atoms with Crippen molar-refractivity contribution < 1.29 is 9.84 Å². The van der Waals surface area contributed by atoms with Crippen molar-refractivity contribution in [2.45, 2.75) is 38.9 Å². The van der Waals surface area contributed by atoms with Gasteiger partial charge in [-0.25, -0.2) is 0 Å². The maximum Gasteiger partial charge on any atom is 0.107 e. The summed E-state index contributed by atoms with van der Waals surface area (Å²) in [4.78, 5) is 0. The zero-order chi connectivity index (χ0) is 7.56. The molecule has 1 rings (SSSR count). The smallest absolute Gasteiger partial charge is 0.107 e. The van der Waals surface area contributed by atoms with Crippen LogP contribution in [0.3, 0.4) is 0 Å². The van der Waals surface area contributed by atoms with Crippen LogP contribution in [0.15, 0.2) is 0 Å². The quantitative estimate of drug-likeness (QED) is 0.601. The fourth-order valence-corrected chi connectivity index (χ4v) is 1.47. The van der Waals surface area contributed by atoms with Crippen LogP contribution in [-0.2, 0) is 4.74 Å². The van der Waals surface area contributed by atoms with E-state index in [1.165, 1.54) is 0 Å². The van der Waals surface area contributed by atoms with Crippen LogP contribution in [0.5, 0.6) is 0 Å². The van der Waals surface area contributed by atoms with E-state index in [-0.39, 0.29) is 12.7 Å². The van der Waals surface area contributed by atoms with Crippen molar-refractivity contribution in [1.82, 2.24) is 0 Å². The Morgan fingerprint density at radius 3 is 2.30 bits per heavy atom. The zero-order valence-corrected chi connectivity index (χ0v) is 6.71. The molecule has 2 atom stereocenters. The molecule has 1 heterocycles. The first-order chi connectivity index (χ1) is 4.83. The molecule has 0 aromatic carbocycles. The summed E-state index contributed by atoms with van der Waals surface area (Å²) in [6.07, 6.45) is 2.85. The van der Waals surface area contributed by atoms with E-state index in [9.17, 15) is 0 Å². The Morgan fingerprint density at radius 1 is 1.40 bits per heavy atom. The summed E-state index contributed by atoms with van der Waals surface area (Å²) in [6.45, 7) is 4.54. The summed E-state index contributed by atoms with van der Waals surface area (Å²) in [7, 11) is 0. The van der Waals surface area contributed by atoms with E-state index in [4.69, 9.17) is 9.84 Å². The molecule has 0 aliphatic carbocycles. The first-order valence-corrected chi connectivity index (χ1v) is 4.09. The number of hydrogen-bond donors (Lipinski definition) is 1. The molecule has 2 nitrogen and oxygen atoms in total. The van der Waals surface area contributed by atoms with Crippen LogP contribution < -0.4 is 0 Å². The monoisotopic (exact) mass is 144 g/mol. The lowest BCUT2D eigenvalue weighted by atomic mass is 9.98. The normalized spacial score (nSPS) is 31.2. The minimum Gasteiger partial charge on any atom is -0.394 e. The first kappa shape index (κ1) is 8.02. The highest BCUT2D eigenvalue weighted by Crippen LogP contribution is 2.32. The van der Waals surface area contributed by atoms with Gasteiger partial charge in [0, 0.05) is 0 Å². The molecule has 1 aliphatic heterocycles. The molecule has 0 aromatic rings. The molecule has 60 valence electrons. The lowest BCUT2D eigenvalue weighted by molar-refractivity contribution is 0.238. The van der Waals surface area contributed by atoms with Gasteiger partial charge in [-0.15, -0.1) is 0 Å². The van der Waals surface area contributed by atoms with Crippen molar-refractivity contribution in [2.24, 2.45) is 5.92 Å². The van der Waals surface area contributed by atoms with Crippen LogP contribution in [0.4, 0.5) is 0 Å². The highest BCUT2D eigenvalue weighted by molar-refractivity contribution is 4.88. The number of epoxide rings is 1. The minimum atomic E-state index is 0.157. The van der Waals surface area contributed by atoms with Gasteiger partial charge in [0.15, 0.2) is 0 Å². The summed E-state index contributed by atoms with van der Waals surface area (Å²) >= 11 is 0. The van der Waals surface area contributed by atoms with Crippen molar-refractivity contribution in [3.63, 3.8) is 0 Å². The molecular formula is C8H16O2. The van der Waals surface area contributed by atoms with E-state index in [1.807, 2.05) is 0 Å². The largest absolute Gasteiger partial charge is 0.394 e. The Kier molecular flexibility index (Phi) is 2.69. The van der Waals surface area contributed by atoms with Crippen LogP contribution in [0.2, 0.25) is 0 Å². The van der Waals surface area contributed by atoms with E-state index in [0.29, 0.717) is 12.0 Å². The maximum absolute atomic E-state index is 8.69. The average Bonchev–Trinajstić information content (AvgIpc) is 2.70. The van der Waals surface area contributed by atoms with Gasteiger partial charge in [-0.3, -0.25) is 0 Å². The Labute approximate surface area is 62.2 Å². The van der Waals surface area contributed by atoms with E-state index in [2.05, 4.69) is 13.8 Å². The van der Waals surface area contributed by atoms with Gasteiger partial charge in [0.1, 0.15) is 6.10 Å². The predicted molar refractivity (Wildman–Crippen MR) is 39.8 cm³/mol. The molecule has 0 aromatic heterocycles. The van der Waals surface area contributed by atoms with Crippen LogP contribution in [0, 0.1) is 5.92 Å². The van der Waals surface area contributed by atoms with Crippen molar-refractivity contribution in [1.29, 1.82) is 0 Å². The topological polar surface area (TPSA) is 32.8 Å². The fraction of sp³-hybridized carbons (Fsp3) is 1.00. The molecule has 0 radical (unpaired) electrons. The zero-order valence-electron chi connectivity index (χ0n) is 6.71. The number of hydrogen-bond acceptors (Lipinski definition) is 2. The van der Waals surface area contributed by atoms with E-state index in [0.717, 1.165) is 12.8 Å². The van der Waals surface area contributed by atoms with Gasteiger partial charge in [-0.2, -0.15) is 0 Å². The van der Waals surface area contributed by atoms with Gasteiger partial charge < -0.3 is 9.84 Å². The van der Waals surface area contributed by atoms with Gasteiger partial charge in [0.25, 0.3) is 0 Å². The predicted octanol–water partition coefficient (Wildman–Crippen LogP) is 1.18. The van der Waals surface area contributed by atoms with Crippen LogP contribution >= 0.6 is 0 Å². The molecule has 2 heteroatoms. The van der Waals surface area contributed by atoms with Gasteiger partial charge in [0.2, 0.25) is 0 Å². The highest BCUT2D eigenvalue weighted by atomic mass is 16.6.